The summed E-state index contributed by atoms with van der Waals surface area (Å²) in [7, 11) is 0. The number of hydrogen-bond acceptors (Lipinski definition) is 5. The third kappa shape index (κ3) is 4.41. The molecule has 1 aromatic heterocycles. The van der Waals surface area contributed by atoms with Crippen LogP contribution in [0.4, 0.5) is 4.79 Å². The van der Waals surface area contributed by atoms with Gasteiger partial charge in [0.25, 0.3) is 11.8 Å². The van der Waals surface area contributed by atoms with Crippen molar-refractivity contribution in [3.63, 3.8) is 0 Å². The van der Waals surface area contributed by atoms with Crippen LogP contribution in [0.5, 0.6) is 5.75 Å². The molecule has 2 aromatic rings. The molecule has 1 fully saturated rings. The van der Waals surface area contributed by atoms with Crippen LogP contribution in [0.2, 0.25) is 0 Å². The fourth-order valence-corrected chi connectivity index (χ4v) is 2.21. The molecule has 4 amide bonds. The van der Waals surface area contributed by atoms with Gasteiger partial charge in [0.1, 0.15) is 17.9 Å². The van der Waals surface area contributed by atoms with E-state index in [1.54, 1.807) is 24.5 Å². The molecule has 0 atom stereocenters. The van der Waals surface area contributed by atoms with Crippen molar-refractivity contribution in [2.75, 3.05) is 0 Å². The van der Waals surface area contributed by atoms with E-state index in [0.717, 1.165) is 11.1 Å². The first-order chi connectivity index (χ1) is 12.6. The second-order valence-corrected chi connectivity index (χ2v) is 5.40. The Kier molecular flexibility index (Phi) is 5.19. The summed E-state index contributed by atoms with van der Waals surface area (Å²) in [5, 5.41) is 4.02. The molecule has 3 rings (SSSR count). The first-order valence-corrected chi connectivity index (χ1v) is 7.78. The lowest BCUT2D eigenvalue weighted by Crippen LogP contribution is -2.51. The Morgan fingerprint density at radius 1 is 1.00 bits per heavy atom. The molecule has 0 radical (unpaired) electrons. The van der Waals surface area contributed by atoms with Gasteiger partial charge in [0.05, 0.1) is 0 Å². The average Bonchev–Trinajstić information content (AvgIpc) is 2.64. The molecule has 1 aromatic carbocycles. The van der Waals surface area contributed by atoms with E-state index in [-0.39, 0.29) is 5.57 Å². The van der Waals surface area contributed by atoms with Gasteiger partial charge in [-0.05, 0) is 29.8 Å². The Labute approximate surface area is 149 Å². The maximum atomic E-state index is 11.6. The number of ether oxygens (including phenoxy) is 1. The standard InChI is InChI=1S/C19H15N3O4/c23-17-16(18(24)22-19(25)21-17)5-1-3-13-6-8-15(9-7-13)26-12-14-4-2-10-20-11-14/h1-11H,12H2,(H2,21,22,23,24,25)/b3-1+. The minimum atomic E-state index is -0.817. The van der Waals surface area contributed by atoms with E-state index in [0.29, 0.717) is 12.4 Å². The first-order valence-electron chi connectivity index (χ1n) is 7.78. The minimum Gasteiger partial charge on any atom is -0.489 e. The second-order valence-electron chi connectivity index (χ2n) is 5.40. The molecule has 130 valence electrons. The summed E-state index contributed by atoms with van der Waals surface area (Å²) in [6.45, 7) is 0.429. The van der Waals surface area contributed by atoms with Gasteiger partial charge >= 0.3 is 6.03 Å². The van der Waals surface area contributed by atoms with Gasteiger partial charge in [0, 0.05) is 18.0 Å². The molecule has 0 saturated carbocycles. The average molecular weight is 349 g/mol. The van der Waals surface area contributed by atoms with Crippen LogP contribution in [0.3, 0.4) is 0 Å². The molecule has 0 unspecified atom stereocenters. The number of aromatic nitrogens is 1. The minimum absolute atomic E-state index is 0.128. The van der Waals surface area contributed by atoms with Gasteiger partial charge in [-0.15, -0.1) is 0 Å². The molecule has 1 aliphatic rings. The highest BCUT2D eigenvalue weighted by Crippen LogP contribution is 2.15. The predicted molar refractivity (Wildman–Crippen MR) is 93.8 cm³/mol. The zero-order valence-electron chi connectivity index (χ0n) is 13.6. The number of urea groups is 1. The highest BCUT2D eigenvalue weighted by molar-refractivity contribution is 6.29. The molecule has 0 bridgehead atoms. The van der Waals surface area contributed by atoms with Crippen LogP contribution in [-0.2, 0) is 16.2 Å². The highest BCUT2D eigenvalue weighted by Gasteiger charge is 2.26. The van der Waals surface area contributed by atoms with E-state index < -0.39 is 17.8 Å². The van der Waals surface area contributed by atoms with Gasteiger partial charge < -0.3 is 4.74 Å². The van der Waals surface area contributed by atoms with Crippen LogP contribution >= 0.6 is 0 Å². The number of carbonyl (C=O) groups excluding carboxylic acids is 3. The molecular formula is C19H15N3O4. The van der Waals surface area contributed by atoms with E-state index in [9.17, 15) is 14.4 Å². The Balaban J connectivity index is 1.59. The van der Waals surface area contributed by atoms with Crippen molar-refractivity contribution < 1.29 is 19.1 Å². The van der Waals surface area contributed by atoms with E-state index in [1.165, 1.54) is 6.08 Å². The van der Waals surface area contributed by atoms with Gasteiger partial charge in [-0.1, -0.05) is 30.4 Å². The van der Waals surface area contributed by atoms with Crippen molar-refractivity contribution in [1.82, 2.24) is 15.6 Å². The number of barbiturate groups is 1. The molecular weight excluding hydrogens is 334 g/mol. The van der Waals surface area contributed by atoms with Crippen LogP contribution in [0.15, 0.2) is 66.5 Å². The molecule has 0 spiro atoms. The monoisotopic (exact) mass is 349 g/mol. The van der Waals surface area contributed by atoms with Crippen LogP contribution in [0.25, 0.3) is 6.08 Å². The number of rotatable bonds is 5. The Hall–Kier alpha value is -3.74. The summed E-state index contributed by atoms with van der Waals surface area (Å²) >= 11 is 0. The largest absolute Gasteiger partial charge is 0.489 e. The second kappa shape index (κ2) is 7.89. The van der Waals surface area contributed by atoms with Gasteiger partial charge in [-0.3, -0.25) is 25.2 Å². The van der Waals surface area contributed by atoms with Gasteiger partial charge in [-0.2, -0.15) is 0 Å². The summed E-state index contributed by atoms with van der Waals surface area (Å²) < 4.78 is 5.67. The molecule has 26 heavy (non-hydrogen) atoms. The van der Waals surface area contributed by atoms with Crippen molar-refractivity contribution in [3.8, 4) is 5.75 Å². The summed E-state index contributed by atoms with van der Waals surface area (Å²) in [4.78, 5) is 38.2. The lowest BCUT2D eigenvalue weighted by atomic mass is 10.1. The van der Waals surface area contributed by atoms with Crippen LogP contribution < -0.4 is 15.4 Å². The molecule has 1 aliphatic heterocycles. The number of imide groups is 2. The molecule has 0 aliphatic carbocycles. The number of benzene rings is 1. The van der Waals surface area contributed by atoms with Gasteiger partial charge in [0.2, 0.25) is 0 Å². The predicted octanol–water partition coefficient (Wildman–Crippen LogP) is 1.97. The smallest absolute Gasteiger partial charge is 0.328 e. The number of hydrogen-bond donors (Lipinski definition) is 2. The van der Waals surface area contributed by atoms with Crippen molar-refractivity contribution in [3.05, 3.63) is 77.6 Å². The topological polar surface area (TPSA) is 97.4 Å². The van der Waals surface area contributed by atoms with Crippen molar-refractivity contribution in [2.24, 2.45) is 0 Å². The number of nitrogens with one attached hydrogen (secondary N) is 2. The van der Waals surface area contributed by atoms with E-state index in [2.05, 4.69) is 4.98 Å². The quantitative estimate of drug-likeness (QED) is 0.635. The molecule has 7 nitrogen and oxygen atoms in total. The molecule has 2 N–H and O–H groups in total. The number of amides is 4. The zero-order valence-corrected chi connectivity index (χ0v) is 13.6. The molecule has 7 heteroatoms. The zero-order chi connectivity index (χ0) is 18.4. The molecule has 1 saturated heterocycles. The summed E-state index contributed by atoms with van der Waals surface area (Å²) in [5.41, 5.74) is 1.71. The number of allylic oxidation sites excluding steroid dienone is 2. The van der Waals surface area contributed by atoms with Crippen LogP contribution in [-0.4, -0.2) is 22.8 Å². The lowest BCUT2D eigenvalue weighted by molar-refractivity contribution is -0.124. The van der Waals surface area contributed by atoms with Crippen molar-refractivity contribution in [1.29, 1.82) is 0 Å². The summed E-state index contributed by atoms with van der Waals surface area (Å²) in [6.07, 6.45) is 8.10. The third-order valence-electron chi connectivity index (χ3n) is 3.50. The van der Waals surface area contributed by atoms with Gasteiger partial charge in [0.15, 0.2) is 0 Å². The highest BCUT2D eigenvalue weighted by atomic mass is 16.5. The SMILES string of the molecule is O=C1NC(=O)C(=C/C=C/c2ccc(OCc3cccnc3)cc2)C(=O)N1. The lowest BCUT2D eigenvalue weighted by Gasteiger charge is -2.12. The summed E-state index contributed by atoms with van der Waals surface area (Å²) in [5.74, 6) is -0.723. The van der Waals surface area contributed by atoms with Crippen LogP contribution in [0.1, 0.15) is 11.1 Å². The van der Waals surface area contributed by atoms with Crippen molar-refractivity contribution >= 4 is 23.9 Å². The molecule has 2 heterocycles. The normalized spacial score (nSPS) is 14.2. The van der Waals surface area contributed by atoms with Gasteiger partial charge in [-0.25, -0.2) is 4.79 Å². The van der Waals surface area contributed by atoms with Crippen molar-refractivity contribution in [2.45, 2.75) is 6.61 Å². The maximum absolute atomic E-state index is 11.6. The van der Waals surface area contributed by atoms with E-state index in [4.69, 9.17) is 4.74 Å². The van der Waals surface area contributed by atoms with Crippen LogP contribution in [0, 0.1) is 0 Å². The Morgan fingerprint density at radius 2 is 1.73 bits per heavy atom. The fourth-order valence-electron chi connectivity index (χ4n) is 2.21. The van der Waals surface area contributed by atoms with E-state index >= 15 is 0 Å². The Morgan fingerprint density at radius 3 is 2.38 bits per heavy atom. The first kappa shape index (κ1) is 17.1. The fraction of sp³-hybridized carbons (Fsp3) is 0.0526. The third-order valence-corrected chi connectivity index (χ3v) is 3.50. The van der Waals surface area contributed by atoms with E-state index in [1.807, 2.05) is 47.0 Å². The number of pyridine rings is 1. The number of nitrogens with zero attached hydrogens (tertiary/aromatic N) is 1. The Bertz CT molecular complexity index is 865. The number of carbonyl (C=O) groups is 3. The maximum Gasteiger partial charge on any atom is 0.328 e. The summed E-state index contributed by atoms with van der Waals surface area (Å²) in [6, 6.07) is 10.3.